The van der Waals surface area contributed by atoms with Gasteiger partial charge in [0, 0.05) is 44.3 Å². The Hall–Kier alpha value is -2.63. The van der Waals surface area contributed by atoms with E-state index in [1.807, 2.05) is 24.3 Å². The monoisotopic (exact) mass is 313 g/mol. The third kappa shape index (κ3) is 3.41. The number of rotatable bonds is 4. The number of piperidine rings is 1. The van der Waals surface area contributed by atoms with Crippen LogP contribution in [0.4, 0.5) is 11.4 Å². The molecule has 6 nitrogen and oxygen atoms in total. The first kappa shape index (κ1) is 15.3. The van der Waals surface area contributed by atoms with Gasteiger partial charge in [-0.3, -0.25) is 10.1 Å². The summed E-state index contributed by atoms with van der Waals surface area (Å²) in [5, 5.41) is 11.2. The Bertz CT molecular complexity index is 682. The van der Waals surface area contributed by atoms with Crippen LogP contribution in [0.15, 0.2) is 48.7 Å². The van der Waals surface area contributed by atoms with Crippen molar-refractivity contribution < 1.29 is 9.66 Å². The molecular weight excluding hydrogens is 294 g/mol. The van der Waals surface area contributed by atoms with Crippen LogP contribution in [0.2, 0.25) is 0 Å². The molecule has 0 amide bonds. The molecule has 1 aliphatic rings. The molecule has 0 saturated carbocycles. The molecule has 2 heterocycles. The number of nitro benzene ring substituents is 1. The standard InChI is InChI=1S/C17H19N3O3/c1-17(23-16-8-4-5-11-18-16)9-12-19(13-10-17)14-6-2-3-7-15(14)20(21)22/h2-8,11H,9-10,12-13H2,1H3. The van der Waals surface area contributed by atoms with Crippen LogP contribution in [0.25, 0.3) is 0 Å². The normalized spacial score (nSPS) is 16.8. The summed E-state index contributed by atoms with van der Waals surface area (Å²) in [6.45, 7) is 3.50. The second kappa shape index (κ2) is 6.24. The number of hydrogen-bond acceptors (Lipinski definition) is 5. The average Bonchev–Trinajstić information content (AvgIpc) is 2.56. The van der Waals surface area contributed by atoms with E-state index in [9.17, 15) is 10.1 Å². The number of aromatic nitrogens is 1. The van der Waals surface area contributed by atoms with Crippen molar-refractivity contribution in [1.29, 1.82) is 0 Å². The molecule has 0 bridgehead atoms. The van der Waals surface area contributed by atoms with Gasteiger partial charge in [0.1, 0.15) is 11.3 Å². The molecule has 120 valence electrons. The van der Waals surface area contributed by atoms with Crippen molar-refractivity contribution in [2.45, 2.75) is 25.4 Å². The molecule has 0 spiro atoms. The highest BCUT2D eigenvalue weighted by molar-refractivity contribution is 5.63. The lowest BCUT2D eigenvalue weighted by molar-refractivity contribution is -0.384. The van der Waals surface area contributed by atoms with Crippen molar-refractivity contribution in [2.24, 2.45) is 0 Å². The Labute approximate surface area is 134 Å². The lowest BCUT2D eigenvalue weighted by Gasteiger charge is -2.39. The van der Waals surface area contributed by atoms with Crippen LogP contribution < -0.4 is 9.64 Å². The molecule has 1 aromatic carbocycles. The van der Waals surface area contributed by atoms with Crippen LogP contribution >= 0.6 is 0 Å². The van der Waals surface area contributed by atoms with Crippen LogP contribution in [-0.2, 0) is 0 Å². The first-order valence-electron chi connectivity index (χ1n) is 7.66. The zero-order valence-electron chi connectivity index (χ0n) is 13.0. The van der Waals surface area contributed by atoms with E-state index in [0.717, 1.165) is 12.8 Å². The Balaban J connectivity index is 1.70. The Morgan fingerprint density at radius 3 is 2.52 bits per heavy atom. The molecule has 0 radical (unpaired) electrons. The van der Waals surface area contributed by atoms with Gasteiger partial charge in [0.05, 0.1) is 4.92 Å². The Kier molecular flexibility index (Phi) is 4.14. The first-order chi connectivity index (χ1) is 11.1. The molecule has 0 aliphatic carbocycles. The lowest BCUT2D eigenvalue weighted by atomic mass is 9.93. The zero-order valence-corrected chi connectivity index (χ0v) is 13.0. The number of anilines is 1. The van der Waals surface area contributed by atoms with E-state index in [0.29, 0.717) is 24.7 Å². The molecule has 0 N–H and O–H groups in total. The minimum atomic E-state index is -0.326. The molecule has 0 unspecified atom stereocenters. The second-order valence-corrected chi connectivity index (χ2v) is 5.95. The van der Waals surface area contributed by atoms with E-state index in [1.54, 1.807) is 24.4 Å². The van der Waals surface area contributed by atoms with E-state index in [2.05, 4.69) is 16.8 Å². The highest BCUT2D eigenvalue weighted by atomic mass is 16.6. The van der Waals surface area contributed by atoms with Crippen molar-refractivity contribution in [3.05, 3.63) is 58.8 Å². The molecule has 2 aromatic rings. The number of para-hydroxylation sites is 2. The number of benzene rings is 1. The average molecular weight is 313 g/mol. The molecular formula is C17H19N3O3. The van der Waals surface area contributed by atoms with E-state index in [4.69, 9.17) is 4.74 Å². The van der Waals surface area contributed by atoms with Crippen molar-refractivity contribution in [1.82, 2.24) is 4.98 Å². The van der Waals surface area contributed by atoms with Gasteiger partial charge in [-0.25, -0.2) is 4.98 Å². The minimum Gasteiger partial charge on any atom is -0.471 e. The number of pyridine rings is 1. The summed E-state index contributed by atoms with van der Waals surface area (Å²) in [6.07, 6.45) is 3.28. The van der Waals surface area contributed by atoms with E-state index in [1.165, 1.54) is 0 Å². The second-order valence-electron chi connectivity index (χ2n) is 5.95. The fraction of sp³-hybridized carbons (Fsp3) is 0.353. The highest BCUT2D eigenvalue weighted by Gasteiger charge is 2.34. The van der Waals surface area contributed by atoms with Crippen molar-refractivity contribution in [3.63, 3.8) is 0 Å². The maximum absolute atomic E-state index is 11.2. The number of nitro groups is 1. The van der Waals surface area contributed by atoms with Crippen LogP contribution in [0, 0.1) is 10.1 Å². The molecule has 1 saturated heterocycles. The largest absolute Gasteiger partial charge is 0.471 e. The van der Waals surface area contributed by atoms with Crippen molar-refractivity contribution >= 4 is 11.4 Å². The van der Waals surface area contributed by atoms with Crippen LogP contribution in [-0.4, -0.2) is 28.6 Å². The Morgan fingerprint density at radius 2 is 1.87 bits per heavy atom. The summed E-state index contributed by atoms with van der Waals surface area (Å²) < 4.78 is 6.03. The van der Waals surface area contributed by atoms with Gasteiger partial charge in [-0.05, 0) is 19.1 Å². The van der Waals surface area contributed by atoms with Gasteiger partial charge >= 0.3 is 0 Å². The summed E-state index contributed by atoms with van der Waals surface area (Å²) >= 11 is 0. The molecule has 23 heavy (non-hydrogen) atoms. The topological polar surface area (TPSA) is 68.5 Å². The van der Waals surface area contributed by atoms with Gasteiger partial charge in [0.2, 0.25) is 5.88 Å². The third-order valence-electron chi connectivity index (χ3n) is 4.23. The van der Waals surface area contributed by atoms with Crippen LogP contribution in [0.5, 0.6) is 5.88 Å². The van der Waals surface area contributed by atoms with Crippen LogP contribution in [0.3, 0.4) is 0 Å². The quantitative estimate of drug-likeness (QED) is 0.639. The summed E-state index contributed by atoms with van der Waals surface area (Å²) in [4.78, 5) is 17.1. The van der Waals surface area contributed by atoms with Gasteiger partial charge in [-0.2, -0.15) is 0 Å². The number of ether oxygens (including phenoxy) is 1. The SMILES string of the molecule is CC1(Oc2ccccn2)CCN(c2ccccc2[N+](=O)[O-])CC1. The smallest absolute Gasteiger partial charge is 0.292 e. The van der Waals surface area contributed by atoms with E-state index in [-0.39, 0.29) is 16.2 Å². The van der Waals surface area contributed by atoms with Crippen molar-refractivity contribution in [2.75, 3.05) is 18.0 Å². The summed E-state index contributed by atoms with van der Waals surface area (Å²) in [6, 6.07) is 12.5. The fourth-order valence-electron chi connectivity index (χ4n) is 2.87. The van der Waals surface area contributed by atoms with Gasteiger partial charge in [-0.1, -0.05) is 18.2 Å². The Morgan fingerprint density at radius 1 is 1.17 bits per heavy atom. The molecule has 0 atom stereocenters. The first-order valence-corrected chi connectivity index (χ1v) is 7.66. The van der Waals surface area contributed by atoms with Gasteiger partial charge in [0.25, 0.3) is 5.69 Å². The number of nitrogens with zero attached hydrogens (tertiary/aromatic N) is 3. The summed E-state index contributed by atoms with van der Waals surface area (Å²) in [5.74, 6) is 0.620. The third-order valence-corrected chi connectivity index (χ3v) is 4.23. The predicted molar refractivity (Wildman–Crippen MR) is 87.8 cm³/mol. The molecule has 1 fully saturated rings. The number of hydrogen-bond donors (Lipinski definition) is 0. The summed E-state index contributed by atoms with van der Waals surface area (Å²) in [7, 11) is 0. The van der Waals surface area contributed by atoms with Gasteiger partial charge in [0.15, 0.2) is 0 Å². The summed E-state index contributed by atoms with van der Waals surface area (Å²) in [5.41, 5.74) is 0.535. The molecule has 6 heteroatoms. The molecule has 1 aliphatic heterocycles. The van der Waals surface area contributed by atoms with Gasteiger partial charge < -0.3 is 9.64 Å². The predicted octanol–water partition coefficient (Wildman–Crippen LogP) is 3.43. The maximum atomic E-state index is 11.2. The van der Waals surface area contributed by atoms with E-state index < -0.39 is 0 Å². The van der Waals surface area contributed by atoms with Gasteiger partial charge in [-0.15, -0.1) is 0 Å². The molecule has 3 rings (SSSR count). The van der Waals surface area contributed by atoms with E-state index >= 15 is 0 Å². The zero-order chi connectivity index (χ0) is 16.3. The lowest BCUT2D eigenvalue weighted by Crippen LogP contribution is -2.46. The fourth-order valence-corrected chi connectivity index (χ4v) is 2.87. The molecule has 1 aromatic heterocycles. The highest BCUT2D eigenvalue weighted by Crippen LogP contribution is 2.34. The maximum Gasteiger partial charge on any atom is 0.292 e. The minimum absolute atomic E-state index is 0.154. The van der Waals surface area contributed by atoms with Crippen LogP contribution in [0.1, 0.15) is 19.8 Å². The van der Waals surface area contributed by atoms with Crippen molar-refractivity contribution in [3.8, 4) is 5.88 Å².